The molecule has 0 fully saturated rings. The SMILES string of the molecule is CC[C@H](C)c1nc2ccc(Br)cc2c(=O)n1N=Cc1cc(Br)c(OCC(=O)Nc2ccc(Cl)cc2)c(OC)c1. The molecular formula is C28H25Br2ClN4O4. The van der Waals surface area contributed by atoms with Crippen molar-refractivity contribution in [3.8, 4) is 11.5 Å². The monoisotopic (exact) mass is 674 g/mol. The molecule has 0 saturated heterocycles. The molecule has 1 aromatic heterocycles. The van der Waals surface area contributed by atoms with Crippen LogP contribution in [0.1, 0.15) is 37.6 Å². The van der Waals surface area contributed by atoms with E-state index in [-0.39, 0.29) is 24.0 Å². The lowest BCUT2D eigenvalue weighted by atomic mass is 10.1. The lowest BCUT2D eigenvalue weighted by Crippen LogP contribution is -2.23. The molecule has 39 heavy (non-hydrogen) atoms. The molecule has 1 N–H and O–H groups in total. The quantitative estimate of drug-likeness (QED) is 0.193. The number of fused-ring (bicyclic) bond motifs is 1. The second-order valence-electron chi connectivity index (χ2n) is 8.68. The molecule has 0 aliphatic rings. The van der Waals surface area contributed by atoms with Crippen molar-refractivity contribution in [2.75, 3.05) is 19.0 Å². The predicted molar refractivity (Wildman–Crippen MR) is 162 cm³/mol. The summed E-state index contributed by atoms with van der Waals surface area (Å²) >= 11 is 12.8. The largest absolute Gasteiger partial charge is 0.493 e. The Bertz CT molecular complexity index is 1610. The number of ether oxygens (including phenoxy) is 2. The normalized spacial score (nSPS) is 12.1. The van der Waals surface area contributed by atoms with E-state index in [1.54, 1.807) is 48.7 Å². The minimum absolute atomic E-state index is 0.0129. The Kier molecular flexibility index (Phi) is 9.42. The number of carbonyl (C=O) groups is 1. The molecule has 1 amide bonds. The molecule has 0 bridgehead atoms. The third-order valence-electron chi connectivity index (χ3n) is 5.94. The Hall–Kier alpha value is -3.21. The van der Waals surface area contributed by atoms with Gasteiger partial charge in [-0.3, -0.25) is 9.59 Å². The molecule has 0 unspecified atom stereocenters. The minimum Gasteiger partial charge on any atom is -0.493 e. The average Bonchev–Trinajstić information content (AvgIpc) is 2.92. The van der Waals surface area contributed by atoms with Crippen molar-refractivity contribution < 1.29 is 14.3 Å². The van der Waals surface area contributed by atoms with E-state index in [0.717, 1.165) is 10.9 Å². The van der Waals surface area contributed by atoms with E-state index in [1.165, 1.54) is 11.8 Å². The highest BCUT2D eigenvalue weighted by molar-refractivity contribution is 9.10. The molecule has 0 radical (unpaired) electrons. The van der Waals surface area contributed by atoms with Crippen LogP contribution < -0.4 is 20.3 Å². The highest BCUT2D eigenvalue weighted by atomic mass is 79.9. The molecule has 8 nitrogen and oxygen atoms in total. The summed E-state index contributed by atoms with van der Waals surface area (Å²) in [6, 6.07) is 15.7. The standard InChI is InChI=1S/C28H25Br2ClN4O4/c1-4-16(2)27-34-23-10-5-18(29)13-21(23)28(37)35(27)32-14-17-11-22(30)26(24(12-17)38-3)39-15-25(36)33-20-8-6-19(31)7-9-20/h5-14,16H,4,15H2,1-3H3,(H,33,36)/t16-/m0/s1. The van der Waals surface area contributed by atoms with E-state index >= 15 is 0 Å². The van der Waals surface area contributed by atoms with E-state index < -0.39 is 0 Å². The second-order valence-corrected chi connectivity index (χ2v) is 10.9. The summed E-state index contributed by atoms with van der Waals surface area (Å²) in [7, 11) is 1.50. The molecule has 3 aromatic carbocycles. The first-order valence-corrected chi connectivity index (χ1v) is 14.0. The number of amides is 1. The van der Waals surface area contributed by atoms with Gasteiger partial charge in [-0.2, -0.15) is 9.78 Å². The third-order valence-corrected chi connectivity index (χ3v) is 7.27. The number of anilines is 1. The van der Waals surface area contributed by atoms with E-state index in [1.807, 2.05) is 26.0 Å². The van der Waals surface area contributed by atoms with Crippen molar-refractivity contribution in [3.05, 3.63) is 90.3 Å². The fourth-order valence-electron chi connectivity index (χ4n) is 3.73. The summed E-state index contributed by atoms with van der Waals surface area (Å²) in [5.41, 5.74) is 1.61. The van der Waals surface area contributed by atoms with Crippen LogP contribution in [0.3, 0.4) is 0 Å². The number of nitrogens with one attached hydrogen (secondary N) is 1. The average molecular weight is 677 g/mol. The summed E-state index contributed by atoms with van der Waals surface area (Å²) < 4.78 is 13.9. The first kappa shape index (κ1) is 28.8. The van der Waals surface area contributed by atoms with Crippen LogP contribution in [-0.4, -0.2) is 35.5 Å². The number of hydrogen-bond acceptors (Lipinski definition) is 6. The van der Waals surface area contributed by atoms with Crippen LogP contribution in [0, 0.1) is 0 Å². The number of nitrogens with zero attached hydrogens (tertiary/aromatic N) is 3. The van der Waals surface area contributed by atoms with Gasteiger partial charge < -0.3 is 14.8 Å². The summed E-state index contributed by atoms with van der Waals surface area (Å²) in [5.74, 6) is 0.991. The Labute approximate surface area is 247 Å². The van der Waals surface area contributed by atoms with E-state index in [2.05, 4.69) is 42.3 Å². The maximum Gasteiger partial charge on any atom is 0.282 e. The summed E-state index contributed by atoms with van der Waals surface area (Å²) in [5, 5.41) is 8.30. The lowest BCUT2D eigenvalue weighted by molar-refractivity contribution is -0.118. The second kappa shape index (κ2) is 12.8. The van der Waals surface area contributed by atoms with Crippen LogP contribution in [-0.2, 0) is 4.79 Å². The molecule has 202 valence electrons. The highest BCUT2D eigenvalue weighted by Crippen LogP contribution is 2.36. The summed E-state index contributed by atoms with van der Waals surface area (Å²) in [6.07, 6.45) is 2.35. The Morgan fingerprint density at radius 2 is 1.92 bits per heavy atom. The number of aromatic nitrogens is 2. The van der Waals surface area contributed by atoms with Gasteiger partial charge in [0.25, 0.3) is 11.5 Å². The van der Waals surface area contributed by atoms with Crippen molar-refractivity contribution in [2.45, 2.75) is 26.2 Å². The summed E-state index contributed by atoms with van der Waals surface area (Å²) in [6.45, 7) is 3.80. The van der Waals surface area contributed by atoms with Gasteiger partial charge in [0.05, 0.1) is 28.7 Å². The van der Waals surface area contributed by atoms with Gasteiger partial charge in [0.2, 0.25) is 0 Å². The maximum atomic E-state index is 13.4. The van der Waals surface area contributed by atoms with Crippen molar-refractivity contribution in [3.63, 3.8) is 0 Å². The zero-order valence-corrected chi connectivity index (χ0v) is 25.3. The van der Waals surface area contributed by atoms with Gasteiger partial charge in [-0.05, 0) is 82.5 Å². The zero-order valence-electron chi connectivity index (χ0n) is 21.4. The van der Waals surface area contributed by atoms with Gasteiger partial charge in [-0.1, -0.05) is 41.4 Å². The van der Waals surface area contributed by atoms with Crippen LogP contribution >= 0.6 is 43.5 Å². The highest BCUT2D eigenvalue weighted by Gasteiger charge is 2.17. The predicted octanol–water partition coefficient (Wildman–Crippen LogP) is 7.00. The molecule has 1 heterocycles. The molecule has 0 aliphatic carbocycles. The number of benzene rings is 3. The number of rotatable bonds is 9. The van der Waals surface area contributed by atoms with E-state index in [0.29, 0.717) is 49.0 Å². The van der Waals surface area contributed by atoms with Gasteiger partial charge in [0.1, 0.15) is 5.82 Å². The zero-order chi connectivity index (χ0) is 28.1. The van der Waals surface area contributed by atoms with Crippen LogP contribution in [0.4, 0.5) is 5.69 Å². The maximum absolute atomic E-state index is 13.4. The number of halogens is 3. The fourth-order valence-corrected chi connectivity index (χ4v) is 4.79. The Morgan fingerprint density at radius 3 is 2.62 bits per heavy atom. The summed E-state index contributed by atoms with van der Waals surface area (Å²) in [4.78, 5) is 30.5. The van der Waals surface area contributed by atoms with E-state index in [9.17, 15) is 9.59 Å². The van der Waals surface area contributed by atoms with Crippen LogP contribution in [0.5, 0.6) is 11.5 Å². The molecule has 0 saturated carbocycles. The number of methoxy groups -OCH3 is 1. The molecule has 1 atom stereocenters. The molecule has 4 rings (SSSR count). The molecule has 4 aromatic rings. The first-order valence-electron chi connectivity index (χ1n) is 12.0. The van der Waals surface area contributed by atoms with Crippen molar-refractivity contribution in [1.29, 1.82) is 0 Å². The lowest BCUT2D eigenvalue weighted by Gasteiger charge is -2.15. The Balaban J connectivity index is 1.60. The smallest absolute Gasteiger partial charge is 0.282 e. The van der Waals surface area contributed by atoms with Gasteiger partial charge in [-0.15, -0.1) is 0 Å². The van der Waals surface area contributed by atoms with Gasteiger partial charge in [0, 0.05) is 21.1 Å². The van der Waals surface area contributed by atoms with Gasteiger partial charge in [-0.25, -0.2) is 4.98 Å². The topological polar surface area (TPSA) is 94.8 Å². The van der Waals surface area contributed by atoms with Crippen molar-refractivity contribution in [1.82, 2.24) is 9.66 Å². The van der Waals surface area contributed by atoms with Crippen molar-refractivity contribution >= 4 is 72.2 Å². The van der Waals surface area contributed by atoms with Gasteiger partial charge >= 0.3 is 0 Å². The molecule has 11 heteroatoms. The van der Waals surface area contributed by atoms with Crippen LogP contribution in [0.25, 0.3) is 10.9 Å². The van der Waals surface area contributed by atoms with E-state index in [4.69, 9.17) is 26.1 Å². The molecular weight excluding hydrogens is 652 g/mol. The molecule has 0 spiro atoms. The Morgan fingerprint density at radius 1 is 1.18 bits per heavy atom. The number of hydrogen-bond donors (Lipinski definition) is 1. The number of carbonyl (C=O) groups excluding carboxylic acids is 1. The fraction of sp³-hybridized carbons (Fsp3) is 0.214. The van der Waals surface area contributed by atoms with Crippen molar-refractivity contribution in [2.24, 2.45) is 5.10 Å². The van der Waals surface area contributed by atoms with Crippen LogP contribution in [0.2, 0.25) is 5.02 Å². The minimum atomic E-state index is -0.343. The van der Waals surface area contributed by atoms with Gasteiger partial charge in [0.15, 0.2) is 18.1 Å². The molecule has 0 aliphatic heterocycles. The first-order chi connectivity index (χ1) is 18.7. The van der Waals surface area contributed by atoms with Crippen LogP contribution in [0.15, 0.2) is 73.4 Å². The third kappa shape index (κ3) is 6.87.